The molecule has 7 heteroatoms. The Hall–Kier alpha value is -2.12. The van der Waals surface area contributed by atoms with E-state index >= 15 is 0 Å². The van der Waals surface area contributed by atoms with E-state index in [4.69, 9.17) is 0 Å². The van der Waals surface area contributed by atoms with Gasteiger partial charge in [0.25, 0.3) is 0 Å². The smallest absolute Gasteiger partial charge is 0.234 e. The lowest BCUT2D eigenvalue weighted by atomic mass is 10.1. The summed E-state index contributed by atoms with van der Waals surface area (Å²) in [7, 11) is 0. The molecule has 2 heterocycles. The van der Waals surface area contributed by atoms with Crippen molar-refractivity contribution in [3.63, 3.8) is 0 Å². The van der Waals surface area contributed by atoms with Gasteiger partial charge >= 0.3 is 0 Å². The Kier molecular flexibility index (Phi) is 6.80. The molecule has 0 saturated heterocycles. The van der Waals surface area contributed by atoms with Gasteiger partial charge in [0.05, 0.1) is 5.75 Å². The van der Waals surface area contributed by atoms with Gasteiger partial charge in [-0.2, -0.15) is 0 Å². The van der Waals surface area contributed by atoms with Crippen molar-refractivity contribution >= 4 is 34.7 Å². The van der Waals surface area contributed by atoms with E-state index in [9.17, 15) is 4.79 Å². The van der Waals surface area contributed by atoms with E-state index in [0.717, 1.165) is 39.8 Å². The van der Waals surface area contributed by atoms with Crippen LogP contribution in [0.2, 0.25) is 0 Å². The average Bonchev–Trinajstić information content (AvgIpc) is 3.26. The fourth-order valence-corrected chi connectivity index (χ4v) is 5.25. The van der Waals surface area contributed by atoms with Crippen molar-refractivity contribution in [3.05, 3.63) is 45.1 Å². The van der Waals surface area contributed by atoms with Crippen molar-refractivity contribution in [2.45, 2.75) is 59.2 Å². The minimum atomic E-state index is -0.0344. The van der Waals surface area contributed by atoms with Crippen LogP contribution in [0, 0.1) is 20.8 Å². The number of anilines is 1. The number of nitrogens with zero attached hydrogens (tertiary/aromatic N) is 3. The van der Waals surface area contributed by atoms with Crippen LogP contribution in [0.4, 0.5) is 5.69 Å². The molecule has 3 rings (SSSR count). The standard InChI is InChI=1S/C22H28N4OS2/c1-7-17-16(6)28-11-18(17)21-24-25-22(26(21)13(2)3)29-12-19(27)23-20-14(4)9-8-10-15(20)5/h8-11,13H,7,12H2,1-6H3,(H,23,27). The first-order valence-electron chi connectivity index (χ1n) is 9.84. The molecule has 0 spiro atoms. The summed E-state index contributed by atoms with van der Waals surface area (Å²) < 4.78 is 2.14. The average molecular weight is 429 g/mol. The highest BCUT2D eigenvalue weighted by Gasteiger charge is 2.21. The summed E-state index contributed by atoms with van der Waals surface area (Å²) in [4.78, 5) is 13.9. The van der Waals surface area contributed by atoms with E-state index in [2.05, 4.69) is 53.2 Å². The lowest BCUT2D eigenvalue weighted by Gasteiger charge is -2.14. The maximum absolute atomic E-state index is 12.6. The van der Waals surface area contributed by atoms with Crippen molar-refractivity contribution < 1.29 is 4.79 Å². The van der Waals surface area contributed by atoms with Crippen molar-refractivity contribution in [1.82, 2.24) is 14.8 Å². The van der Waals surface area contributed by atoms with Gasteiger partial charge in [-0.25, -0.2) is 0 Å². The molecule has 2 aromatic heterocycles. The van der Waals surface area contributed by atoms with Crippen LogP contribution in [-0.4, -0.2) is 26.4 Å². The highest BCUT2D eigenvalue weighted by molar-refractivity contribution is 7.99. The lowest BCUT2D eigenvalue weighted by molar-refractivity contribution is -0.113. The predicted octanol–water partition coefficient (Wildman–Crippen LogP) is 5.81. The number of hydrogen-bond acceptors (Lipinski definition) is 5. The quantitative estimate of drug-likeness (QED) is 0.483. The van der Waals surface area contributed by atoms with Gasteiger partial charge in [0.15, 0.2) is 11.0 Å². The summed E-state index contributed by atoms with van der Waals surface area (Å²) in [5, 5.41) is 14.9. The monoisotopic (exact) mass is 428 g/mol. The summed E-state index contributed by atoms with van der Waals surface area (Å²) in [6.45, 7) is 12.6. The lowest BCUT2D eigenvalue weighted by Crippen LogP contribution is -2.16. The summed E-state index contributed by atoms with van der Waals surface area (Å²) in [6, 6.07) is 6.21. The molecule has 0 radical (unpaired) electrons. The molecule has 3 aromatic rings. The number of benzene rings is 1. The van der Waals surface area contributed by atoms with E-state index in [1.54, 1.807) is 11.3 Å². The van der Waals surface area contributed by atoms with Gasteiger partial charge in [0, 0.05) is 27.5 Å². The first kappa shape index (κ1) is 21.6. The Morgan fingerprint density at radius 3 is 2.52 bits per heavy atom. The van der Waals surface area contributed by atoms with Crippen molar-refractivity contribution in [1.29, 1.82) is 0 Å². The number of amides is 1. The van der Waals surface area contributed by atoms with Gasteiger partial charge < -0.3 is 5.32 Å². The van der Waals surface area contributed by atoms with E-state index in [-0.39, 0.29) is 11.9 Å². The predicted molar refractivity (Wildman–Crippen MR) is 123 cm³/mol. The number of aromatic nitrogens is 3. The third-order valence-electron chi connectivity index (χ3n) is 4.96. The van der Waals surface area contributed by atoms with Crippen LogP contribution in [0.3, 0.4) is 0 Å². The fraction of sp³-hybridized carbons (Fsp3) is 0.409. The van der Waals surface area contributed by atoms with Crippen LogP contribution in [0.25, 0.3) is 11.4 Å². The molecule has 0 unspecified atom stereocenters. The molecular formula is C22H28N4OS2. The highest BCUT2D eigenvalue weighted by Crippen LogP contribution is 2.34. The van der Waals surface area contributed by atoms with Gasteiger partial charge in [-0.1, -0.05) is 36.9 Å². The van der Waals surface area contributed by atoms with Crippen LogP contribution in [0.1, 0.15) is 48.4 Å². The molecular weight excluding hydrogens is 400 g/mol. The van der Waals surface area contributed by atoms with Crippen LogP contribution in [0.5, 0.6) is 0 Å². The van der Waals surface area contributed by atoms with Gasteiger partial charge in [0.2, 0.25) is 5.91 Å². The number of thioether (sulfide) groups is 1. The van der Waals surface area contributed by atoms with Crippen molar-refractivity contribution in [2.24, 2.45) is 0 Å². The van der Waals surface area contributed by atoms with E-state index in [0.29, 0.717) is 5.75 Å². The molecule has 1 N–H and O–H groups in total. The van der Waals surface area contributed by atoms with Gasteiger partial charge in [-0.3, -0.25) is 9.36 Å². The summed E-state index contributed by atoms with van der Waals surface area (Å²) in [6.07, 6.45) is 0.969. The minimum Gasteiger partial charge on any atom is -0.325 e. The molecule has 0 fully saturated rings. The number of rotatable bonds is 7. The second kappa shape index (κ2) is 9.13. The number of aryl methyl sites for hydroxylation is 3. The van der Waals surface area contributed by atoms with E-state index < -0.39 is 0 Å². The maximum Gasteiger partial charge on any atom is 0.234 e. The first-order valence-corrected chi connectivity index (χ1v) is 11.7. The Morgan fingerprint density at radius 2 is 1.90 bits per heavy atom. The molecule has 154 valence electrons. The molecule has 0 atom stereocenters. The summed E-state index contributed by atoms with van der Waals surface area (Å²) >= 11 is 3.18. The van der Waals surface area contributed by atoms with Gasteiger partial charge in [-0.05, 0) is 57.7 Å². The highest BCUT2D eigenvalue weighted by atomic mass is 32.2. The number of hydrogen-bond donors (Lipinski definition) is 1. The number of carbonyl (C=O) groups excluding carboxylic acids is 1. The molecule has 5 nitrogen and oxygen atoms in total. The molecule has 0 saturated carbocycles. The second-order valence-corrected chi connectivity index (χ2v) is 9.44. The summed E-state index contributed by atoms with van der Waals surface area (Å²) in [5.74, 6) is 1.15. The van der Waals surface area contributed by atoms with Crippen molar-refractivity contribution in [2.75, 3.05) is 11.1 Å². The Labute approximate surface area is 180 Å². The molecule has 1 amide bonds. The third kappa shape index (κ3) is 4.56. The zero-order valence-corrected chi connectivity index (χ0v) is 19.5. The normalized spacial score (nSPS) is 11.3. The maximum atomic E-state index is 12.6. The zero-order valence-electron chi connectivity index (χ0n) is 17.9. The number of carbonyl (C=O) groups is 1. The molecule has 1 aromatic carbocycles. The zero-order chi connectivity index (χ0) is 21.1. The topological polar surface area (TPSA) is 59.8 Å². The van der Waals surface area contributed by atoms with Crippen LogP contribution in [0.15, 0.2) is 28.7 Å². The number of thiophene rings is 1. The minimum absolute atomic E-state index is 0.0344. The first-order chi connectivity index (χ1) is 13.8. The Morgan fingerprint density at radius 1 is 1.21 bits per heavy atom. The molecule has 0 aliphatic carbocycles. The summed E-state index contributed by atoms with van der Waals surface area (Å²) in [5.41, 5.74) is 5.51. The van der Waals surface area contributed by atoms with Crippen LogP contribution >= 0.6 is 23.1 Å². The van der Waals surface area contributed by atoms with Crippen LogP contribution < -0.4 is 5.32 Å². The van der Waals surface area contributed by atoms with Gasteiger partial charge in [-0.15, -0.1) is 21.5 Å². The molecule has 0 aliphatic heterocycles. The number of nitrogens with one attached hydrogen (secondary N) is 1. The molecule has 0 aliphatic rings. The molecule has 0 bridgehead atoms. The second-order valence-electron chi connectivity index (χ2n) is 7.41. The SMILES string of the molecule is CCc1c(-c2nnc(SCC(=O)Nc3c(C)cccc3C)n2C(C)C)csc1C. The van der Waals surface area contributed by atoms with Crippen molar-refractivity contribution in [3.8, 4) is 11.4 Å². The van der Waals surface area contributed by atoms with Gasteiger partial charge in [0.1, 0.15) is 0 Å². The molecule has 29 heavy (non-hydrogen) atoms. The third-order valence-corrected chi connectivity index (χ3v) is 6.85. The Balaban J connectivity index is 1.80. The van der Waals surface area contributed by atoms with E-state index in [1.165, 1.54) is 22.2 Å². The number of para-hydroxylation sites is 1. The fourth-order valence-electron chi connectivity index (χ4n) is 3.45. The van der Waals surface area contributed by atoms with Crippen LogP contribution in [-0.2, 0) is 11.2 Å². The van der Waals surface area contributed by atoms with E-state index in [1.807, 2.05) is 32.0 Å². The Bertz CT molecular complexity index is 1000. The largest absolute Gasteiger partial charge is 0.325 e.